The number of aryl methyl sites for hydroxylation is 1. The van der Waals surface area contributed by atoms with E-state index in [1.165, 1.54) is 12.1 Å². The number of hydrogen-bond donors (Lipinski definition) is 0. The predicted molar refractivity (Wildman–Crippen MR) is 106 cm³/mol. The molecule has 0 bridgehead atoms. The molecule has 0 radical (unpaired) electrons. The Labute approximate surface area is 166 Å². The minimum atomic E-state index is -0.237. The van der Waals surface area contributed by atoms with Gasteiger partial charge in [-0.05, 0) is 42.1 Å². The van der Waals surface area contributed by atoms with Gasteiger partial charge in [0.2, 0.25) is 17.7 Å². The summed E-state index contributed by atoms with van der Waals surface area (Å²) in [4.78, 5) is 16.7. The van der Waals surface area contributed by atoms with Crippen LogP contribution in [-0.2, 0) is 11.2 Å². The van der Waals surface area contributed by atoms with Crippen molar-refractivity contribution in [1.29, 1.82) is 0 Å². The van der Waals surface area contributed by atoms with Gasteiger partial charge in [-0.15, -0.1) is 10.2 Å². The molecule has 0 spiro atoms. The lowest BCUT2D eigenvalue weighted by Crippen LogP contribution is -2.35. The van der Waals surface area contributed by atoms with Gasteiger partial charge in [0.1, 0.15) is 5.82 Å². The summed E-state index contributed by atoms with van der Waals surface area (Å²) in [5.41, 5.74) is 1.89. The fourth-order valence-corrected chi connectivity index (χ4v) is 3.94. The van der Waals surface area contributed by atoms with E-state index in [0.717, 1.165) is 37.3 Å². The first-order valence-corrected chi connectivity index (χ1v) is 10.3. The summed E-state index contributed by atoms with van der Waals surface area (Å²) in [7, 11) is 0. The highest BCUT2D eigenvalue weighted by atomic mass is 32.1. The number of rotatable bonds is 5. The molecule has 28 heavy (non-hydrogen) atoms. The maximum Gasteiger partial charge on any atom is 0.248 e. The van der Waals surface area contributed by atoms with Crippen LogP contribution in [0.25, 0.3) is 11.5 Å². The van der Waals surface area contributed by atoms with Crippen molar-refractivity contribution in [3.8, 4) is 11.5 Å². The summed E-state index contributed by atoms with van der Waals surface area (Å²) in [6.07, 6.45) is 1.67. The van der Waals surface area contributed by atoms with E-state index in [0.29, 0.717) is 31.2 Å². The Morgan fingerprint density at radius 2 is 1.96 bits per heavy atom. The number of anilines is 1. The number of aromatic nitrogens is 2. The lowest BCUT2D eigenvalue weighted by molar-refractivity contribution is -0.131. The van der Waals surface area contributed by atoms with Gasteiger partial charge >= 0.3 is 0 Å². The van der Waals surface area contributed by atoms with Crippen molar-refractivity contribution in [1.82, 2.24) is 15.1 Å². The summed E-state index contributed by atoms with van der Waals surface area (Å²) >= 11 is 1.57. The Morgan fingerprint density at radius 3 is 2.75 bits per heavy atom. The van der Waals surface area contributed by atoms with Crippen LogP contribution in [0.1, 0.15) is 18.7 Å². The number of carbonyl (C=O) groups excluding carboxylic acids is 1. The highest BCUT2D eigenvalue weighted by molar-refractivity contribution is 7.08. The first-order chi connectivity index (χ1) is 13.7. The summed E-state index contributed by atoms with van der Waals surface area (Å²) in [6.45, 7) is 2.96. The molecule has 2 aromatic heterocycles. The van der Waals surface area contributed by atoms with Crippen molar-refractivity contribution < 1.29 is 13.6 Å². The third-order valence-corrected chi connectivity index (χ3v) is 5.51. The minimum absolute atomic E-state index is 0.0937. The molecule has 0 unspecified atom stereocenters. The molecule has 0 saturated carbocycles. The van der Waals surface area contributed by atoms with Crippen LogP contribution in [0.2, 0.25) is 0 Å². The van der Waals surface area contributed by atoms with Gasteiger partial charge in [-0.25, -0.2) is 4.39 Å². The molecule has 6 nitrogen and oxygen atoms in total. The zero-order valence-corrected chi connectivity index (χ0v) is 16.2. The molecule has 1 aliphatic rings. The molecule has 146 valence electrons. The normalized spacial score (nSPS) is 14.9. The fraction of sp³-hybridized carbons (Fsp3) is 0.350. The summed E-state index contributed by atoms with van der Waals surface area (Å²) in [5.74, 6) is 0.834. The Kier molecular flexibility index (Phi) is 5.66. The van der Waals surface area contributed by atoms with Crippen LogP contribution in [0, 0.1) is 5.82 Å². The molecule has 0 N–H and O–H groups in total. The van der Waals surface area contributed by atoms with Crippen molar-refractivity contribution in [3.63, 3.8) is 0 Å². The highest BCUT2D eigenvalue weighted by Gasteiger charge is 2.20. The standard InChI is InChI=1S/C20H21FN4O2S/c21-16-2-4-17(5-3-16)24-9-1-10-25(12-11-24)19(26)7-6-18-22-23-20(27-18)15-8-13-28-14-15/h2-5,8,13-14H,1,6-7,9-12H2. The van der Waals surface area contributed by atoms with E-state index in [1.54, 1.807) is 23.5 Å². The molecule has 4 rings (SSSR count). The van der Waals surface area contributed by atoms with Crippen LogP contribution < -0.4 is 4.90 Å². The van der Waals surface area contributed by atoms with Crippen LogP contribution in [0.15, 0.2) is 45.5 Å². The van der Waals surface area contributed by atoms with Gasteiger partial charge < -0.3 is 14.2 Å². The monoisotopic (exact) mass is 400 g/mol. The zero-order chi connectivity index (χ0) is 19.3. The highest BCUT2D eigenvalue weighted by Crippen LogP contribution is 2.21. The number of benzene rings is 1. The maximum absolute atomic E-state index is 13.1. The van der Waals surface area contributed by atoms with Crippen molar-refractivity contribution in [3.05, 3.63) is 52.8 Å². The molecule has 0 atom stereocenters. The van der Waals surface area contributed by atoms with Gasteiger partial charge in [-0.1, -0.05) is 0 Å². The van der Waals surface area contributed by atoms with E-state index >= 15 is 0 Å². The Bertz CT molecular complexity index is 911. The molecule has 1 aliphatic heterocycles. The van der Waals surface area contributed by atoms with E-state index in [4.69, 9.17) is 4.42 Å². The number of halogens is 1. The third kappa shape index (κ3) is 4.39. The average molecular weight is 400 g/mol. The zero-order valence-electron chi connectivity index (χ0n) is 15.4. The Balaban J connectivity index is 1.30. The number of hydrogen-bond acceptors (Lipinski definition) is 6. The van der Waals surface area contributed by atoms with Crippen LogP contribution in [0.4, 0.5) is 10.1 Å². The summed E-state index contributed by atoms with van der Waals surface area (Å²) in [5, 5.41) is 12.0. The van der Waals surface area contributed by atoms with E-state index in [9.17, 15) is 9.18 Å². The van der Waals surface area contributed by atoms with Crippen molar-refractivity contribution in [2.75, 3.05) is 31.1 Å². The second kappa shape index (κ2) is 8.52. The first kappa shape index (κ1) is 18.6. The SMILES string of the molecule is O=C(CCc1nnc(-c2ccsc2)o1)N1CCCN(c2ccc(F)cc2)CC1. The van der Waals surface area contributed by atoms with Gasteiger partial charge in [0.25, 0.3) is 0 Å². The van der Waals surface area contributed by atoms with Crippen molar-refractivity contribution in [2.45, 2.75) is 19.3 Å². The number of carbonyl (C=O) groups is 1. The topological polar surface area (TPSA) is 62.5 Å². The molecule has 8 heteroatoms. The smallest absolute Gasteiger partial charge is 0.248 e. The van der Waals surface area contributed by atoms with Gasteiger partial charge in [-0.3, -0.25) is 4.79 Å². The molecule has 1 fully saturated rings. The van der Waals surface area contributed by atoms with E-state index in [1.807, 2.05) is 21.7 Å². The molecule has 0 aliphatic carbocycles. The number of nitrogens with zero attached hydrogens (tertiary/aromatic N) is 4. The van der Waals surface area contributed by atoms with E-state index in [2.05, 4.69) is 15.1 Å². The lowest BCUT2D eigenvalue weighted by Gasteiger charge is -2.23. The summed E-state index contributed by atoms with van der Waals surface area (Å²) in [6, 6.07) is 8.44. The molecular formula is C20H21FN4O2S. The second-order valence-corrected chi connectivity index (χ2v) is 7.49. The molecule has 1 aromatic carbocycles. The van der Waals surface area contributed by atoms with Gasteiger partial charge in [-0.2, -0.15) is 11.3 Å². The maximum atomic E-state index is 13.1. The molecule has 1 saturated heterocycles. The average Bonchev–Trinajstić information content (AvgIpc) is 3.34. The fourth-order valence-electron chi connectivity index (χ4n) is 3.31. The van der Waals surface area contributed by atoms with E-state index in [-0.39, 0.29) is 11.7 Å². The second-order valence-electron chi connectivity index (χ2n) is 6.71. The van der Waals surface area contributed by atoms with Gasteiger partial charge in [0.05, 0.1) is 0 Å². The van der Waals surface area contributed by atoms with Crippen LogP contribution in [0.5, 0.6) is 0 Å². The van der Waals surface area contributed by atoms with Crippen LogP contribution in [-0.4, -0.2) is 47.2 Å². The van der Waals surface area contributed by atoms with Crippen LogP contribution in [0.3, 0.4) is 0 Å². The number of thiophene rings is 1. The molecule has 3 aromatic rings. The molecule has 1 amide bonds. The molecule has 3 heterocycles. The third-order valence-electron chi connectivity index (χ3n) is 4.83. The van der Waals surface area contributed by atoms with E-state index < -0.39 is 0 Å². The minimum Gasteiger partial charge on any atom is -0.421 e. The van der Waals surface area contributed by atoms with Crippen molar-refractivity contribution in [2.24, 2.45) is 0 Å². The Morgan fingerprint density at radius 1 is 1.11 bits per heavy atom. The molecular weight excluding hydrogens is 379 g/mol. The lowest BCUT2D eigenvalue weighted by atomic mass is 10.2. The van der Waals surface area contributed by atoms with Crippen LogP contribution >= 0.6 is 11.3 Å². The quantitative estimate of drug-likeness (QED) is 0.655. The predicted octanol–water partition coefficient (Wildman–Crippen LogP) is 3.61. The van der Waals surface area contributed by atoms with Crippen molar-refractivity contribution >= 4 is 22.9 Å². The Hall–Kier alpha value is -2.74. The number of amides is 1. The van der Waals surface area contributed by atoms with Gasteiger partial charge in [0, 0.05) is 55.7 Å². The van der Waals surface area contributed by atoms with Gasteiger partial charge in [0.15, 0.2) is 0 Å². The summed E-state index contributed by atoms with van der Waals surface area (Å²) < 4.78 is 18.8. The largest absolute Gasteiger partial charge is 0.421 e. The first-order valence-electron chi connectivity index (χ1n) is 9.32.